The van der Waals surface area contributed by atoms with Gasteiger partial charge in [-0.05, 0) is 6.07 Å². The summed E-state index contributed by atoms with van der Waals surface area (Å²) in [5.41, 5.74) is 0. The monoisotopic (exact) mass is 290 g/mol. The van der Waals surface area contributed by atoms with Crippen molar-refractivity contribution in [2.75, 3.05) is 36.0 Å². The van der Waals surface area contributed by atoms with Gasteiger partial charge in [0.1, 0.15) is 5.82 Å². The molecule has 7 heteroatoms. The number of aromatic nitrogens is 4. The Kier molecular flexibility index (Phi) is 3.77. The number of anilines is 2. The predicted molar refractivity (Wildman–Crippen MR) is 80.5 cm³/mol. The Labute approximate surface area is 122 Å². The molecule has 1 aliphatic heterocycles. The van der Waals surface area contributed by atoms with Gasteiger partial charge in [0.25, 0.3) is 0 Å². The van der Waals surface area contributed by atoms with Crippen molar-refractivity contribution in [2.45, 2.75) is 19.8 Å². The molecule has 0 saturated carbocycles. The van der Waals surface area contributed by atoms with Gasteiger partial charge in [-0.2, -0.15) is 4.37 Å². The predicted octanol–water partition coefficient (Wildman–Crippen LogP) is 1.78. The molecule has 2 aromatic rings. The van der Waals surface area contributed by atoms with Gasteiger partial charge >= 0.3 is 0 Å². The van der Waals surface area contributed by atoms with Crippen molar-refractivity contribution in [2.24, 2.45) is 0 Å². The molecular formula is C13H18N6S. The van der Waals surface area contributed by atoms with Crippen LogP contribution in [0.5, 0.6) is 0 Å². The average molecular weight is 290 g/mol. The molecule has 0 aliphatic carbocycles. The highest BCUT2D eigenvalue weighted by atomic mass is 32.1. The summed E-state index contributed by atoms with van der Waals surface area (Å²) in [6.45, 7) is 7.95. The molecule has 0 bridgehead atoms. The van der Waals surface area contributed by atoms with Gasteiger partial charge in [0.05, 0.1) is 0 Å². The second-order valence-corrected chi connectivity index (χ2v) is 5.84. The van der Waals surface area contributed by atoms with Crippen LogP contribution in [0, 0.1) is 0 Å². The van der Waals surface area contributed by atoms with Crippen LogP contribution >= 0.6 is 11.5 Å². The van der Waals surface area contributed by atoms with Crippen molar-refractivity contribution in [3.05, 3.63) is 24.3 Å². The summed E-state index contributed by atoms with van der Waals surface area (Å²) in [6.07, 6.45) is 3.57. The van der Waals surface area contributed by atoms with E-state index in [-0.39, 0.29) is 0 Å². The molecule has 0 spiro atoms. The minimum absolute atomic E-state index is 0.388. The Morgan fingerprint density at radius 2 is 1.70 bits per heavy atom. The summed E-state index contributed by atoms with van der Waals surface area (Å²) < 4.78 is 4.42. The van der Waals surface area contributed by atoms with Gasteiger partial charge in [-0.15, -0.1) is 0 Å². The molecule has 0 N–H and O–H groups in total. The molecule has 2 aromatic heterocycles. The van der Waals surface area contributed by atoms with E-state index in [1.54, 1.807) is 12.4 Å². The fraction of sp³-hybridized carbons (Fsp3) is 0.538. The van der Waals surface area contributed by atoms with Crippen LogP contribution in [-0.4, -0.2) is 45.5 Å². The molecule has 1 aliphatic rings. The summed E-state index contributed by atoms with van der Waals surface area (Å²) in [5, 5.41) is 1.03. The molecule has 0 amide bonds. The molecule has 0 radical (unpaired) electrons. The lowest BCUT2D eigenvalue weighted by molar-refractivity contribution is 0.637. The van der Waals surface area contributed by atoms with Crippen molar-refractivity contribution in [1.82, 2.24) is 19.3 Å². The summed E-state index contributed by atoms with van der Waals surface area (Å²) in [7, 11) is 0. The first-order valence-electron chi connectivity index (χ1n) is 6.84. The zero-order valence-electron chi connectivity index (χ0n) is 11.7. The van der Waals surface area contributed by atoms with E-state index in [0.717, 1.165) is 43.1 Å². The zero-order valence-corrected chi connectivity index (χ0v) is 12.5. The van der Waals surface area contributed by atoms with Gasteiger partial charge in [-0.25, -0.2) is 15.0 Å². The lowest BCUT2D eigenvalue weighted by atomic mass is 10.2. The molecule has 3 rings (SSSR count). The SMILES string of the molecule is CC(C)c1nsc(N2CCN(c3ncccn3)CC2)n1. The van der Waals surface area contributed by atoms with Gasteiger partial charge in [0, 0.05) is 56.0 Å². The normalized spacial score (nSPS) is 15.9. The first-order valence-corrected chi connectivity index (χ1v) is 7.62. The van der Waals surface area contributed by atoms with Crippen LogP contribution in [0.15, 0.2) is 18.5 Å². The number of nitrogens with zero attached hydrogens (tertiary/aromatic N) is 6. The first kappa shape index (κ1) is 13.2. The van der Waals surface area contributed by atoms with Crippen molar-refractivity contribution >= 4 is 22.6 Å². The van der Waals surface area contributed by atoms with E-state index in [4.69, 9.17) is 0 Å². The van der Waals surface area contributed by atoms with E-state index in [0.29, 0.717) is 5.92 Å². The highest BCUT2D eigenvalue weighted by molar-refractivity contribution is 7.09. The zero-order chi connectivity index (χ0) is 13.9. The molecule has 1 saturated heterocycles. The summed E-state index contributed by atoms with van der Waals surface area (Å²) in [4.78, 5) is 17.7. The molecule has 20 heavy (non-hydrogen) atoms. The van der Waals surface area contributed by atoms with Crippen LogP contribution in [-0.2, 0) is 0 Å². The van der Waals surface area contributed by atoms with Gasteiger partial charge < -0.3 is 9.80 Å². The molecule has 0 aromatic carbocycles. The minimum Gasteiger partial charge on any atom is -0.343 e. The maximum Gasteiger partial charge on any atom is 0.225 e. The van der Waals surface area contributed by atoms with Crippen LogP contribution in [0.4, 0.5) is 11.1 Å². The van der Waals surface area contributed by atoms with Gasteiger partial charge in [0.2, 0.25) is 11.1 Å². The Hall–Kier alpha value is -1.76. The van der Waals surface area contributed by atoms with E-state index >= 15 is 0 Å². The number of hydrogen-bond acceptors (Lipinski definition) is 7. The summed E-state index contributed by atoms with van der Waals surface area (Å²) in [5.74, 6) is 2.14. The molecule has 0 unspecified atom stereocenters. The Morgan fingerprint density at radius 1 is 1.05 bits per heavy atom. The number of rotatable bonds is 3. The van der Waals surface area contributed by atoms with Crippen LogP contribution in [0.1, 0.15) is 25.6 Å². The van der Waals surface area contributed by atoms with Crippen LogP contribution < -0.4 is 9.80 Å². The van der Waals surface area contributed by atoms with E-state index in [1.807, 2.05) is 6.07 Å². The van der Waals surface area contributed by atoms with E-state index in [1.165, 1.54) is 11.5 Å². The third-order valence-corrected chi connectivity index (χ3v) is 4.12. The van der Waals surface area contributed by atoms with E-state index in [2.05, 4.69) is 43.0 Å². The van der Waals surface area contributed by atoms with Crippen molar-refractivity contribution in [1.29, 1.82) is 0 Å². The molecule has 106 valence electrons. The average Bonchev–Trinajstić information content (AvgIpc) is 2.98. The topological polar surface area (TPSA) is 58.0 Å². The van der Waals surface area contributed by atoms with E-state index < -0.39 is 0 Å². The highest BCUT2D eigenvalue weighted by Gasteiger charge is 2.21. The fourth-order valence-electron chi connectivity index (χ4n) is 2.14. The smallest absolute Gasteiger partial charge is 0.225 e. The molecule has 6 nitrogen and oxygen atoms in total. The number of hydrogen-bond donors (Lipinski definition) is 0. The quantitative estimate of drug-likeness (QED) is 0.859. The first-order chi connectivity index (χ1) is 9.74. The second kappa shape index (κ2) is 5.70. The second-order valence-electron chi connectivity index (χ2n) is 5.11. The van der Waals surface area contributed by atoms with Crippen molar-refractivity contribution < 1.29 is 0 Å². The lowest BCUT2D eigenvalue weighted by Crippen LogP contribution is -2.47. The van der Waals surface area contributed by atoms with E-state index in [9.17, 15) is 0 Å². The fourth-order valence-corrected chi connectivity index (χ4v) is 3.00. The highest BCUT2D eigenvalue weighted by Crippen LogP contribution is 2.23. The van der Waals surface area contributed by atoms with Crippen LogP contribution in [0.25, 0.3) is 0 Å². The Balaban J connectivity index is 1.63. The molecular weight excluding hydrogens is 272 g/mol. The molecule has 1 fully saturated rings. The third-order valence-electron chi connectivity index (χ3n) is 3.33. The van der Waals surface area contributed by atoms with Crippen molar-refractivity contribution in [3.8, 4) is 0 Å². The minimum atomic E-state index is 0.388. The van der Waals surface area contributed by atoms with Crippen LogP contribution in [0.3, 0.4) is 0 Å². The third kappa shape index (κ3) is 2.72. The lowest BCUT2D eigenvalue weighted by Gasteiger charge is -2.34. The molecule has 0 atom stereocenters. The Morgan fingerprint density at radius 3 is 2.30 bits per heavy atom. The molecule has 3 heterocycles. The van der Waals surface area contributed by atoms with Crippen LogP contribution in [0.2, 0.25) is 0 Å². The maximum atomic E-state index is 4.61. The summed E-state index contributed by atoms with van der Waals surface area (Å²) in [6, 6.07) is 1.84. The van der Waals surface area contributed by atoms with Crippen molar-refractivity contribution in [3.63, 3.8) is 0 Å². The largest absolute Gasteiger partial charge is 0.343 e. The summed E-state index contributed by atoms with van der Waals surface area (Å²) >= 11 is 1.50. The maximum absolute atomic E-state index is 4.61. The Bertz CT molecular complexity index is 547. The standard InChI is InChI=1S/C13H18N6S/c1-10(2)11-16-13(20-17-11)19-8-6-18(7-9-19)12-14-4-3-5-15-12/h3-5,10H,6-9H2,1-2H3. The van der Waals surface area contributed by atoms with Gasteiger partial charge in [-0.3, -0.25) is 0 Å². The van der Waals surface area contributed by atoms with Gasteiger partial charge in [0.15, 0.2) is 0 Å². The number of piperazine rings is 1. The van der Waals surface area contributed by atoms with Gasteiger partial charge in [-0.1, -0.05) is 13.8 Å².